The maximum Gasteiger partial charge on any atom is 0.200 e. The SMILES string of the molecule is CNCCNc1ccc(O)c2c1C(=O)c1c(O)ccc(N)c1C2=O. The van der Waals surface area contributed by atoms with Gasteiger partial charge in [0.05, 0.1) is 22.3 Å². The molecule has 7 nitrogen and oxygen atoms in total. The predicted octanol–water partition coefficient (Wildman–Crippen LogP) is 1.09. The number of carbonyl (C=O) groups is 2. The highest BCUT2D eigenvalue weighted by molar-refractivity contribution is 6.33. The van der Waals surface area contributed by atoms with Crippen molar-refractivity contribution in [2.45, 2.75) is 0 Å². The first kappa shape index (κ1) is 15.8. The number of fused-ring (bicyclic) bond motifs is 2. The highest BCUT2D eigenvalue weighted by atomic mass is 16.3. The maximum absolute atomic E-state index is 12.9. The molecule has 0 heterocycles. The fourth-order valence-electron chi connectivity index (χ4n) is 2.86. The van der Waals surface area contributed by atoms with Crippen molar-refractivity contribution in [1.82, 2.24) is 5.32 Å². The highest BCUT2D eigenvalue weighted by Gasteiger charge is 2.37. The second-order valence-electron chi connectivity index (χ2n) is 5.49. The average Bonchev–Trinajstić information content (AvgIpc) is 2.56. The summed E-state index contributed by atoms with van der Waals surface area (Å²) in [5, 5.41) is 26.2. The van der Waals surface area contributed by atoms with Gasteiger partial charge in [-0.15, -0.1) is 0 Å². The van der Waals surface area contributed by atoms with E-state index < -0.39 is 11.6 Å². The van der Waals surface area contributed by atoms with Gasteiger partial charge in [0.25, 0.3) is 0 Å². The molecule has 124 valence electrons. The van der Waals surface area contributed by atoms with Gasteiger partial charge >= 0.3 is 0 Å². The quantitative estimate of drug-likeness (QED) is 0.276. The van der Waals surface area contributed by atoms with Gasteiger partial charge in [0.15, 0.2) is 0 Å². The average molecular weight is 327 g/mol. The van der Waals surface area contributed by atoms with Gasteiger partial charge in [-0.25, -0.2) is 0 Å². The van der Waals surface area contributed by atoms with Gasteiger partial charge in [-0.05, 0) is 31.3 Å². The third-order valence-corrected chi connectivity index (χ3v) is 4.00. The maximum atomic E-state index is 12.9. The molecule has 0 bridgehead atoms. The Labute approximate surface area is 138 Å². The van der Waals surface area contributed by atoms with Gasteiger partial charge in [-0.2, -0.15) is 0 Å². The van der Waals surface area contributed by atoms with E-state index in [2.05, 4.69) is 10.6 Å². The van der Waals surface area contributed by atoms with Crippen LogP contribution < -0.4 is 16.4 Å². The first-order chi connectivity index (χ1) is 11.5. The van der Waals surface area contributed by atoms with Crippen molar-refractivity contribution in [1.29, 1.82) is 0 Å². The molecule has 6 N–H and O–H groups in total. The first-order valence-corrected chi connectivity index (χ1v) is 7.42. The van der Waals surface area contributed by atoms with Gasteiger partial charge in [0, 0.05) is 24.5 Å². The van der Waals surface area contributed by atoms with E-state index in [0.717, 1.165) is 0 Å². The van der Waals surface area contributed by atoms with Crippen molar-refractivity contribution in [3.63, 3.8) is 0 Å². The molecule has 0 unspecified atom stereocenters. The number of likely N-dealkylation sites (N-methyl/N-ethyl adjacent to an activating group) is 1. The van der Waals surface area contributed by atoms with E-state index in [9.17, 15) is 19.8 Å². The van der Waals surface area contributed by atoms with Crippen LogP contribution in [0.4, 0.5) is 11.4 Å². The van der Waals surface area contributed by atoms with Gasteiger partial charge in [-0.3, -0.25) is 9.59 Å². The number of ketones is 2. The molecular weight excluding hydrogens is 310 g/mol. The van der Waals surface area contributed by atoms with Crippen molar-refractivity contribution >= 4 is 22.9 Å². The van der Waals surface area contributed by atoms with E-state index in [0.29, 0.717) is 18.8 Å². The molecule has 2 aromatic rings. The largest absolute Gasteiger partial charge is 0.507 e. The second kappa shape index (κ2) is 5.86. The van der Waals surface area contributed by atoms with Gasteiger partial charge < -0.3 is 26.6 Å². The van der Waals surface area contributed by atoms with Crippen LogP contribution in [0, 0.1) is 0 Å². The Morgan fingerprint density at radius 2 is 1.46 bits per heavy atom. The number of anilines is 2. The van der Waals surface area contributed by atoms with Crippen LogP contribution >= 0.6 is 0 Å². The van der Waals surface area contributed by atoms with Crippen LogP contribution in [-0.2, 0) is 0 Å². The van der Waals surface area contributed by atoms with E-state index in [1.807, 2.05) is 0 Å². The Morgan fingerprint density at radius 3 is 2.12 bits per heavy atom. The van der Waals surface area contributed by atoms with E-state index in [4.69, 9.17) is 5.73 Å². The third kappa shape index (κ3) is 2.26. The number of aromatic hydroxyl groups is 2. The summed E-state index contributed by atoms with van der Waals surface area (Å²) in [4.78, 5) is 25.7. The number of hydrogen-bond acceptors (Lipinski definition) is 7. The third-order valence-electron chi connectivity index (χ3n) is 4.00. The molecule has 0 aromatic heterocycles. The summed E-state index contributed by atoms with van der Waals surface area (Å²) >= 11 is 0. The summed E-state index contributed by atoms with van der Waals surface area (Å²) in [5.41, 5.74) is 6.06. The Kier molecular flexibility index (Phi) is 3.86. The first-order valence-electron chi connectivity index (χ1n) is 7.42. The number of phenolic OH excluding ortho intramolecular Hbond substituents is 2. The van der Waals surface area contributed by atoms with Crippen molar-refractivity contribution < 1.29 is 19.8 Å². The van der Waals surface area contributed by atoms with E-state index in [1.54, 1.807) is 7.05 Å². The van der Waals surface area contributed by atoms with Crippen LogP contribution in [0.15, 0.2) is 24.3 Å². The minimum Gasteiger partial charge on any atom is -0.507 e. The number of nitrogens with one attached hydrogen (secondary N) is 2. The molecule has 0 radical (unpaired) electrons. The van der Waals surface area contributed by atoms with Crippen LogP contribution in [0.1, 0.15) is 31.8 Å². The lowest BCUT2D eigenvalue weighted by atomic mass is 9.81. The zero-order chi connectivity index (χ0) is 17.4. The molecule has 3 rings (SSSR count). The fourth-order valence-corrected chi connectivity index (χ4v) is 2.86. The summed E-state index contributed by atoms with van der Waals surface area (Å²) in [5.74, 6) is -1.74. The lowest BCUT2D eigenvalue weighted by molar-refractivity contribution is 0.0975. The lowest BCUT2D eigenvalue weighted by Gasteiger charge is -2.23. The van der Waals surface area contributed by atoms with Crippen LogP contribution in [0.3, 0.4) is 0 Å². The van der Waals surface area contributed by atoms with Crippen molar-refractivity contribution in [2.75, 3.05) is 31.2 Å². The Hall–Kier alpha value is -3.06. The molecule has 0 spiro atoms. The number of nitrogen functional groups attached to an aromatic ring is 1. The zero-order valence-electron chi connectivity index (χ0n) is 13.0. The Balaban J connectivity index is 2.22. The van der Waals surface area contributed by atoms with E-state index in [-0.39, 0.29) is 39.4 Å². The van der Waals surface area contributed by atoms with Crippen molar-refractivity contribution in [2.24, 2.45) is 0 Å². The van der Waals surface area contributed by atoms with E-state index in [1.165, 1.54) is 24.3 Å². The minimum absolute atomic E-state index is 0.0458. The van der Waals surface area contributed by atoms with Gasteiger partial charge in [0.2, 0.25) is 11.6 Å². The molecule has 0 saturated heterocycles. The van der Waals surface area contributed by atoms with Crippen molar-refractivity contribution in [3.05, 3.63) is 46.5 Å². The van der Waals surface area contributed by atoms with Crippen LogP contribution in [-0.4, -0.2) is 41.9 Å². The summed E-state index contributed by atoms with van der Waals surface area (Å²) in [6.45, 7) is 1.16. The molecule has 0 saturated carbocycles. The minimum atomic E-state index is -0.581. The molecule has 24 heavy (non-hydrogen) atoms. The molecule has 7 heteroatoms. The number of benzene rings is 2. The second-order valence-corrected chi connectivity index (χ2v) is 5.49. The van der Waals surface area contributed by atoms with Crippen LogP contribution in [0.2, 0.25) is 0 Å². The fraction of sp³-hybridized carbons (Fsp3) is 0.176. The van der Waals surface area contributed by atoms with Crippen molar-refractivity contribution in [3.8, 4) is 11.5 Å². The molecule has 2 aromatic carbocycles. The molecule has 0 aliphatic heterocycles. The molecule has 0 amide bonds. The summed E-state index contributed by atoms with van der Waals surface area (Å²) in [7, 11) is 1.79. The predicted molar refractivity (Wildman–Crippen MR) is 89.9 cm³/mol. The number of rotatable bonds is 4. The Morgan fingerprint density at radius 1 is 0.875 bits per heavy atom. The molecular formula is C17H17N3O4. The van der Waals surface area contributed by atoms with Crippen LogP contribution in [0.5, 0.6) is 11.5 Å². The zero-order valence-corrected chi connectivity index (χ0v) is 13.0. The number of nitrogens with two attached hydrogens (primary N) is 1. The normalized spacial score (nSPS) is 12.7. The summed E-state index contributed by atoms with van der Waals surface area (Å²) < 4.78 is 0. The lowest BCUT2D eigenvalue weighted by Crippen LogP contribution is -2.25. The number of hydrogen-bond donors (Lipinski definition) is 5. The highest BCUT2D eigenvalue weighted by Crippen LogP contribution is 2.41. The number of phenols is 2. The molecule has 0 fully saturated rings. The topological polar surface area (TPSA) is 125 Å². The standard InChI is InChI=1S/C17H17N3O4/c1-19-6-7-20-9-3-5-11(22)15-13(9)17(24)14-10(21)4-2-8(18)12(14)16(15)23/h2-5,19-22H,6-7,18H2,1H3. The van der Waals surface area contributed by atoms with Gasteiger partial charge in [0.1, 0.15) is 11.5 Å². The molecule has 1 aliphatic carbocycles. The molecule has 0 atom stereocenters. The van der Waals surface area contributed by atoms with Gasteiger partial charge in [-0.1, -0.05) is 0 Å². The van der Waals surface area contributed by atoms with E-state index >= 15 is 0 Å². The molecule has 1 aliphatic rings. The van der Waals surface area contributed by atoms with Crippen LogP contribution in [0.25, 0.3) is 0 Å². The monoisotopic (exact) mass is 327 g/mol. The summed E-state index contributed by atoms with van der Waals surface area (Å²) in [6.07, 6.45) is 0. The summed E-state index contributed by atoms with van der Waals surface area (Å²) in [6, 6.07) is 5.52. The number of carbonyl (C=O) groups excluding carboxylic acids is 2. The Bertz CT molecular complexity index is 861. The smallest absolute Gasteiger partial charge is 0.200 e.